The Hall–Kier alpha value is -2.80. The number of hydrogen-bond donors (Lipinski definition) is 0. The monoisotopic (exact) mass is 337 g/mol. The van der Waals surface area contributed by atoms with Crippen molar-refractivity contribution in [1.29, 1.82) is 0 Å². The van der Waals surface area contributed by atoms with Gasteiger partial charge in [0, 0.05) is 5.75 Å². The summed E-state index contributed by atoms with van der Waals surface area (Å²) in [5.41, 5.74) is 3.07. The minimum atomic E-state index is -0.240. The van der Waals surface area contributed by atoms with Gasteiger partial charge in [0.25, 0.3) is 0 Å². The van der Waals surface area contributed by atoms with Crippen LogP contribution in [0.25, 0.3) is 16.9 Å². The highest BCUT2D eigenvalue weighted by molar-refractivity contribution is 7.98. The molecule has 2 aromatic heterocycles. The highest BCUT2D eigenvalue weighted by atomic mass is 32.2. The molecule has 0 bridgehead atoms. The normalized spacial score (nSPS) is 11.0. The Balaban J connectivity index is 1.66. The third-order valence-corrected chi connectivity index (χ3v) is 4.52. The van der Waals surface area contributed by atoms with E-state index >= 15 is 0 Å². The molecular formula is C17H12FN5S. The molecule has 0 saturated heterocycles. The van der Waals surface area contributed by atoms with Crippen LogP contribution in [0.2, 0.25) is 0 Å². The van der Waals surface area contributed by atoms with Crippen LogP contribution < -0.4 is 0 Å². The van der Waals surface area contributed by atoms with Crippen molar-refractivity contribution >= 4 is 22.9 Å². The van der Waals surface area contributed by atoms with Crippen molar-refractivity contribution in [3.63, 3.8) is 0 Å². The quantitative estimate of drug-likeness (QED) is 0.420. The molecular weight excluding hydrogens is 325 g/mol. The molecule has 118 valence electrons. The van der Waals surface area contributed by atoms with Gasteiger partial charge in [0.15, 0.2) is 11.2 Å². The molecule has 0 radical (unpaired) electrons. The third-order valence-electron chi connectivity index (χ3n) is 3.47. The second-order valence-corrected chi connectivity index (χ2v) is 6.07. The van der Waals surface area contributed by atoms with Crippen LogP contribution in [0.15, 0.2) is 66.0 Å². The van der Waals surface area contributed by atoms with Gasteiger partial charge in [-0.2, -0.15) is 4.68 Å². The molecule has 0 spiro atoms. The molecule has 4 aromatic rings. The van der Waals surface area contributed by atoms with Crippen molar-refractivity contribution in [3.8, 4) is 5.69 Å². The Morgan fingerprint density at radius 2 is 1.88 bits per heavy atom. The average Bonchev–Trinajstić information content (AvgIpc) is 3.05. The molecule has 0 atom stereocenters. The predicted molar refractivity (Wildman–Crippen MR) is 90.4 cm³/mol. The molecule has 2 aromatic carbocycles. The molecule has 0 aliphatic heterocycles. The molecule has 4 rings (SSSR count). The molecule has 2 heterocycles. The fourth-order valence-electron chi connectivity index (χ4n) is 2.36. The van der Waals surface area contributed by atoms with Crippen molar-refractivity contribution in [1.82, 2.24) is 25.0 Å². The second-order valence-electron chi connectivity index (χ2n) is 5.11. The van der Waals surface area contributed by atoms with E-state index in [0.29, 0.717) is 16.9 Å². The van der Waals surface area contributed by atoms with Crippen molar-refractivity contribution < 1.29 is 4.39 Å². The molecule has 0 fully saturated rings. The maximum Gasteiger partial charge on any atom is 0.187 e. The maximum absolute atomic E-state index is 13.3. The lowest BCUT2D eigenvalue weighted by molar-refractivity contribution is 0.626. The van der Waals surface area contributed by atoms with Gasteiger partial charge >= 0.3 is 0 Å². The smallest absolute Gasteiger partial charge is 0.187 e. The minimum Gasteiger partial charge on any atom is -0.227 e. The molecule has 0 unspecified atom stereocenters. The first-order valence-corrected chi connectivity index (χ1v) is 8.29. The zero-order chi connectivity index (χ0) is 16.4. The predicted octanol–water partition coefficient (Wildman–Crippen LogP) is 3.64. The molecule has 0 N–H and O–H groups in total. The van der Waals surface area contributed by atoms with Crippen LogP contribution in [-0.2, 0) is 5.75 Å². The fraction of sp³-hybridized carbons (Fsp3) is 0.0588. The lowest BCUT2D eigenvalue weighted by Crippen LogP contribution is -1.97. The van der Waals surface area contributed by atoms with Gasteiger partial charge in [0.2, 0.25) is 0 Å². The summed E-state index contributed by atoms with van der Waals surface area (Å²) in [6.45, 7) is 0. The van der Waals surface area contributed by atoms with E-state index in [1.165, 1.54) is 30.2 Å². The van der Waals surface area contributed by atoms with Crippen molar-refractivity contribution in [2.24, 2.45) is 0 Å². The lowest BCUT2D eigenvalue weighted by atomic mass is 10.2. The zero-order valence-corrected chi connectivity index (χ0v) is 13.3. The van der Waals surface area contributed by atoms with Gasteiger partial charge in [0.05, 0.1) is 5.69 Å². The standard InChI is InChI=1S/C17H12FN5S/c18-13-6-4-5-12(9-13)10-24-17-15-16(19-11-20-17)23(22-21-15)14-7-2-1-3-8-14/h1-9,11H,10H2. The first kappa shape index (κ1) is 14.8. The van der Waals surface area contributed by atoms with Crippen molar-refractivity contribution in [2.75, 3.05) is 0 Å². The van der Waals surface area contributed by atoms with E-state index in [0.717, 1.165) is 16.3 Å². The van der Waals surface area contributed by atoms with Gasteiger partial charge < -0.3 is 0 Å². The summed E-state index contributed by atoms with van der Waals surface area (Å²) >= 11 is 1.49. The number of halogens is 1. The van der Waals surface area contributed by atoms with Crippen LogP contribution in [0.4, 0.5) is 4.39 Å². The first-order valence-electron chi connectivity index (χ1n) is 7.30. The number of thioether (sulfide) groups is 1. The van der Waals surface area contributed by atoms with E-state index in [4.69, 9.17) is 0 Å². The molecule has 24 heavy (non-hydrogen) atoms. The van der Waals surface area contributed by atoms with Crippen LogP contribution in [0, 0.1) is 5.82 Å². The van der Waals surface area contributed by atoms with Crippen LogP contribution in [0.3, 0.4) is 0 Å². The number of rotatable bonds is 4. The second kappa shape index (κ2) is 6.37. The van der Waals surface area contributed by atoms with Crippen molar-refractivity contribution in [2.45, 2.75) is 10.8 Å². The Bertz CT molecular complexity index is 987. The van der Waals surface area contributed by atoms with Crippen molar-refractivity contribution in [3.05, 3.63) is 72.3 Å². The van der Waals surface area contributed by atoms with Gasteiger partial charge in [-0.05, 0) is 29.8 Å². The fourth-order valence-corrected chi connectivity index (χ4v) is 3.23. The third kappa shape index (κ3) is 2.85. The van der Waals surface area contributed by atoms with E-state index in [9.17, 15) is 4.39 Å². The topological polar surface area (TPSA) is 56.5 Å². The molecule has 0 amide bonds. The highest BCUT2D eigenvalue weighted by Gasteiger charge is 2.13. The van der Waals surface area contributed by atoms with Crippen LogP contribution in [-0.4, -0.2) is 25.0 Å². The van der Waals surface area contributed by atoms with Crippen LogP contribution in [0.5, 0.6) is 0 Å². The minimum absolute atomic E-state index is 0.240. The van der Waals surface area contributed by atoms with E-state index in [1.54, 1.807) is 10.7 Å². The molecule has 7 heteroatoms. The highest BCUT2D eigenvalue weighted by Crippen LogP contribution is 2.26. The van der Waals surface area contributed by atoms with Crippen LogP contribution in [0.1, 0.15) is 5.56 Å². The maximum atomic E-state index is 13.3. The summed E-state index contributed by atoms with van der Waals surface area (Å²) < 4.78 is 15.0. The van der Waals surface area contributed by atoms with E-state index in [-0.39, 0.29) is 5.82 Å². The van der Waals surface area contributed by atoms with Gasteiger partial charge in [-0.25, -0.2) is 14.4 Å². The number of nitrogens with zero attached hydrogens (tertiary/aromatic N) is 5. The Morgan fingerprint density at radius 3 is 2.71 bits per heavy atom. The number of fused-ring (bicyclic) bond motifs is 1. The molecule has 0 aliphatic carbocycles. The van der Waals surface area contributed by atoms with E-state index in [2.05, 4.69) is 20.3 Å². The Labute approximate surface area is 141 Å². The van der Waals surface area contributed by atoms with E-state index < -0.39 is 0 Å². The molecule has 5 nitrogen and oxygen atoms in total. The lowest BCUT2D eigenvalue weighted by Gasteiger charge is -2.03. The van der Waals surface area contributed by atoms with Gasteiger partial charge in [-0.1, -0.05) is 47.3 Å². The summed E-state index contributed by atoms with van der Waals surface area (Å²) in [4.78, 5) is 8.59. The van der Waals surface area contributed by atoms with E-state index in [1.807, 2.05) is 36.4 Å². The summed E-state index contributed by atoms with van der Waals surface area (Å²) in [5.74, 6) is 0.359. The SMILES string of the molecule is Fc1cccc(CSc2ncnc3c2nnn3-c2ccccc2)c1. The number of hydrogen-bond acceptors (Lipinski definition) is 5. The summed E-state index contributed by atoms with van der Waals surface area (Å²) in [6, 6.07) is 16.2. The molecule has 0 aliphatic rings. The summed E-state index contributed by atoms with van der Waals surface area (Å²) in [5, 5.41) is 9.13. The van der Waals surface area contributed by atoms with Gasteiger partial charge in [-0.15, -0.1) is 5.10 Å². The summed E-state index contributed by atoms with van der Waals surface area (Å²) in [7, 11) is 0. The Kier molecular flexibility index (Phi) is 3.92. The average molecular weight is 337 g/mol. The van der Waals surface area contributed by atoms with Gasteiger partial charge in [-0.3, -0.25) is 0 Å². The Morgan fingerprint density at radius 1 is 1.00 bits per heavy atom. The number of aromatic nitrogens is 5. The first-order chi connectivity index (χ1) is 11.8. The molecule has 0 saturated carbocycles. The number of para-hydroxylation sites is 1. The number of benzene rings is 2. The van der Waals surface area contributed by atoms with Gasteiger partial charge in [0.1, 0.15) is 17.2 Å². The summed E-state index contributed by atoms with van der Waals surface area (Å²) in [6.07, 6.45) is 1.50. The zero-order valence-electron chi connectivity index (χ0n) is 12.5. The van der Waals surface area contributed by atoms with Crippen LogP contribution >= 0.6 is 11.8 Å². The largest absolute Gasteiger partial charge is 0.227 e.